The Morgan fingerprint density at radius 2 is 2.21 bits per heavy atom. The maximum absolute atomic E-state index is 11.7. The van der Waals surface area contributed by atoms with Crippen LogP contribution in [0.25, 0.3) is 0 Å². The van der Waals surface area contributed by atoms with Gasteiger partial charge >= 0.3 is 6.18 Å². The summed E-state index contributed by atoms with van der Waals surface area (Å²) >= 11 is 1.21. The lowest BCUT2D eigenvalue weighted by molar-refractivity contribution is -0.145. The van der Waals surface area contributed by atoms with E-state index in [1.54, 1.807) is 0 Å². The van der Waals surface area contributed by atoms with E-state index in [9.17, 15) is 13.2 Å². The molecule has 1 heterocycles. The van der Waals surface area contributed by atoms with E-state index >= 15 is 0 Å². The predicted octanol–water partition coefficient (Wildman–Crippen LogP) is 2.19. The molecular weight excluding hydrogens is 217 g/mol. The van der Waals surface area contributed by atoms with Crippen molar-refractivity contribution in [2.45, 2.75) is 19.2 Å². The van der Waals surface area contributed by atoms with Crippen molar-refractivity contribution in [3.63, 3.8) is 0 Å². The van der Waals surface area contributed by atoms with Crippen LogP contribution in [0.15, 0.2) is 6.20 Å². The van der Waals surface area contributed by atoms with Gasteiger partial charge in [-0.1, -0.05) is 11.3 Å². The van der Waals surface area contributed by atoms with Gasteiger partial charge in [-0.15, -0.1) is 0 Å². The van der Waals surface area contributed by atoms with Crippen LogP contribution in [-0.2, 0) is 11.3 Å². The van der Waals surface area contributed by atoms with E-state index in [1.165, 1.54) is 17.5 Å². The van der Waals surface area contributed by atoms with Gasteiger partial charge in [0.05, 0.1) is 24.5 Å². The van der Waals surface area contributed by atoms with Crippen LogP contribution in [0.5, 0.6) is 0 Å². The number of rotatable bonds is 4. The van der Waals surface area contributed by atoms with Gasteiger partial charge in [0.2, 0.25) is 0 Å². The summed E-state index contributed by atoms with van der Waals surface area (Å²) in [5.41, 5.74) is 5.32. The molecule has 3 nitrogen and oxygen atoms in total. The molecule has 1 rings (SSSR count). The van der Waals surface area contributed by atoms with Crippen LogP contribution < -0.4 is 5.73 Å². The summed E-state index contributed by atoms with van der Waals surface area (Å²) in [4.78, 5) is 4.46. The molecule has 0 aliphatic rings. The molecule has 0 amide bonds. The number of thiazole rings is 1. The number of alkyl halides is 3. The lowest BCUT2D eigenvalue weighted by Crippen LogP contribution is -2.11. The van der Waals surface area contributed by atoms with Gasteiger partial charge in [-0.25, -0.2) is 4.98 Å². The number of nitrogens with zero attached hydrogens (tertiary/aromatic N) is 1. The van der Waals surface area contributed by atoms with Crippen molar-refractivity contribution < 1.29 is 17.9 Å². The lowest BCUT2D eigenvalue weighted by atomic mass is 10.4. The van der Waals surface area contributed by atoms with Crippen molar-refractivity contribution in [2.24, 2.45) is 0 Å². The number of nitrogens with two attached hydrogens (primary N) is 1. The fourth-order valence-corrected chi connectivity index (χ4v) is 1.37. The molecule has 0 bridgehead atoms. The molecule has 0 saturated carbocycles. The van der Waals surface area contributed by atoms with Crippen molar-refractivity contribution >= 4 is 16.5 Å². The molecule has 1 aromatic rings. The van der Waals surface area contributed by atoms with Crippen molar-refractivity contribution in [1.82, 2.24) is 4.98 Å². The first-order valence-electron chi connectivity index (χ1n) is 3.82. The molecule has 0 fully saturated rings. The van der Waals surface area contributed by atoms with E-state index in [0.717, 1.165) is 4.88 Å². The molecule has 0 aliphatic heterocycles. The first-order chi connectivity index (χ1) is 6.47. The number of hydrogen-bond donors (Lipinski definition) is 1. The largest absolute Gasteiger partial charge is 0.391 e. The molecule has 0 unspecified atom stereocenters. The highest BCUT2D eigenvalue weighted by Crippen LogP contribution is 2.20. The van der Waals surface area contributed by atoms with Gasteiger partial charge in [0.25, 0.3) is 0 Å². The van der Waals surface area contributed by atoms with Gasteiger partial charge in [0, 0.05) is 6.20 Å². The number of ether oxygens (including phenoxy) is 1. The molecule has 7 heteroatoms. The first kappa shape index (κ1) is 11.3. The second kappa shape index (κ2) is 4.61. The molecule has 80 valence electrons. The standard InChI is InChI=1S/C7H9F3N2OS/c8-7(9,10)1-2-13-4-5-3-12-6(11)14-5/h3H,1-2,4H2,(H2,11,12). The second-order valence-corrected chi connectivity index (χ2v) is 3.73. The normalized spacial score (nSPS) is 11.9. The van der Waals surface area contributed by atoms with E-state index in [0.29, 0.717) is 5.13 Å². The molecule has 0 aromatic carbocycles. The highest BCUT2D eigenvalue weighted by Gasteiger charge is 2.26. The number of nitrogen functional groups attached to an aromatic ring is 1. The second-order valence-electron chi connectivity index (χ2n) is 2.58. The summed E-state index contributed by atoms with van der Waals surface area (Å²) < 4.78 is 39.8. The van der Waals surface area contributed by atoms with E-state index in [2.05, 4.69) is 4.98 Å². The Labute approximate surface area is 82.7 Å². The third-order valence-electron chi connectivity index (χ3n) is 1.35. The Bertz CT molecular complexity index is 287. The van der Waals surface area contributed by atoms with Crippen LogP contribution >= 0.6 is 11.3 Å². The minimum atomic E-state index is -4.16. The van der Waals surface area contributed by atoms with Crippen molar-refractivity contribution in [2.75, 3.05) is 12.3 Å². The topological polar surface area (TPSA) is 48.1 Å². The number of hydrogen-bond acceptors (Lipinski definition) is 4. The fourth-order valence-electron chi connectivity index (χ4n) is 0.750. The predicted molar refractivity (Wildman–Crippen MR) is 46.9 cm³/mol. The maximum Gasteiger partial charge on any atom is 0.391 e. The Morgan fingerprint density at radius 3 is 2.71 bits per heavy atom. The van der Waals surface area contributed by atoms with Crippen LogP contribution in [0, 0.1) is 0 Å². The van der Waals surface area contributed by atoms with Gasteiger partial charge in [0.1, 0.15) is 0 Å². The van der Waals surface area contributed by atoms with Crippen molar-refractivity contribution in [3.05, 3.63) is 11.1 Å². The monoisotopic (exact) mass is 226 g/mol. The van der Waals surface area contributed by atoms with Crippen LogP contribution in [0.2, 0.25) is 0 Å². The summed E-state index contributed by atoms with van der Waals surface area (Å²) in [6, 6.07) is 0. The van der Waals surface area contributed by atoms with Crippen molar-refractivity contribution in [3.8, 4) is 0 Å². The van der Waals surface area contributed by atoms with Gasteiger partial charge < -0.3 is 10.5 Å². The molecule has 2 N–H and O–H groups in total. The highest BCUT2D eigenvalue weighted by molar-refractivity contribution is 7.15. The van der Waals surface area contributed by atoms with Crippen LogP contribution in [0.3, 0.4) is 0 Å². The molecule has 0 spiro atoms. The highest BCUT2D eigenvalue weighted by atomic mass is 32.1. The Morgan fingerprint density at radius 1 is 1.50 bits per heavy atom. The summed E-state index contributed by atoms with van der Waals surface area (Å²) in [5.74, 6) is 0. The SMILES string of the molecule is Nc1ncc(COCCC(F)(F)F)s1. The Hall–Kier alpha value is -0.820. The van der Waals surface area contributed by atoms with E-state index in [1.807, 2.05) is 0 Å². The minimum absolute atomic E-state index is 0.130. The van der Waals surface area contributed by atoms with Crippen LogP contribution in [0.1, 0.15) is 11.3 Å². The van der Waals surface area contributed by atoms with Gasteiger partial charge in [-0.3, -0.25) is 0 Å². The minimum Gasteiger partial charge on any atom is -0.376 e. The number of aromatic nitrogens is 1. The zero-order valence-electron chi connectivity index (χ0n) is 7.17. The maximum atomic E-state index is 11.7. The average molecular weight is 226 g/mol. The zero-order valence-corrected chi connectivity index (χ0v) is 7.99. The first-order valence-corrected chi connectivity index (χ1v) is 4.64. The molecule has 14 heavy (non-hydrogen) atoms. The summed E-state index contributed by atoms with van der Waals surface area (Å²) in [5, 5.41) is 0.388. The van der Waals surface area contributed by atoms with Crippen molar-refractivity contribution in [1.29, 1.82) is 0 Å². The van der Waals surface area contributed by atoms with E-state index in [4.69, 9.17) is 10.5 Å². The molecular formula is C7H9F3N2OS. The summed E-state index contributed by atoms with van der Waals surface area (Å²) in [6.07, 6.45) is -3.60. The Balaban J connectivity index is 2.16. The van der Waals surface area contributed by atoms with Gasteiger partial charge in [-0.2, -0.15) is 13.2 Å². The lowest BCUT2D eigenvalue weighted by Gasteiger charge is -2.05. The van der Waals surface area contributed by atoms with E-state index in [-0.39, 0.29) is 13.2 Å². The van der Waals surface area contributed by atoms with E-state index < -0.39 is 12.6 Å². The zero-order chi connectivity index (χ0) is 10.6. The summed E-state index contributed by atoms with van der Waals surface area (Å²) in [7, 11) is 0. The molecule has 0 radical (unpaired) electrons. The Kier molecular flexibility index (Phi) is 3.70. The van der Waals surface area contributed by atoms with Crippen LogP contribution in [0.4, 0.5) is 18.3 Å². The van der Waals surface area contributed by atoms with Crippen LogP contribution in [-0.4, -0.2) is 17.8 Å². The molecule has 0 saturated heterocycles. The van der Waals surface area contributed by atoms with Gasteiger partial charge in [-0.05, 0) is 0 Å². The third kappa shape index (κ3) is 4.43. The molecule has 0 atom stereocenters. The fraction of sp³-hybridized carbons (Fsp3) is 0.571. The smallest absolute Gasteiger partial charge is 0.376 e. The summed E-state index contributed by atoms with van der Waals surface area (Å²) in [6.45, 7) is -0.202. The third-order valence-corrected chi connectivity index (χ3v) is 2.15. The average Bonchev–Trinajstić information content (AvgIpc) is 2.44. The quantitative estimate of drug-likeness (QED) is 0.800. The van der Waals surface area contributed by atoms with Gasteiger partial charge in [0.15, 0.2) is 5.13 Å². The molecule has 1 aromatic heterocycles. The molecule has 0 aliphatic carbocycles. The number of halogens is 3. The number of anilines is 1.